The van der Waals surface area contributed by atoms with Crippen LogP contribution in [0.4, 0.5) is 0 Å². The van der Waals surface area contributed by atoms with Crippen molar-refractivity contribution in [2.45, 2.75) is 96.2 Å². The Bertz CT molecular complexity index is 550. The van der Waals surface area contributed by atoms with E-state index in [1.165, 1.54) is 70.6 Å². The molecule has 27 heavy (non-hydrogen) atoms. The Hall–Kier alpha value is -0.120. The number of aliphatic hydroxyl groups excluding tert-OH is 1. The third kappa shape index (κ3) is 2.78. The fraction of sp³-hybridized carbons (Fsp3) is 1.00. The molecule has 5 saturated carbocycles. The van der Waals surface area contributed by atoms with E-state index in [1.807, 2.05) is 0 Å². The lowest BCUT2D eigenvalue weighted by atomic mass is 9.43. The molecule has 0 aromatic heterocycles. The van der Waals surface area contributed by atoms with Crippen molar-refractivity contribution in [3.05, 3.63) is 0 Å². The molecular formula is C24H40O3. The summed E-state index contributed by atoms with van der Waals surface area (Å²) in [6.07, 6.45) is 16.4. The Kier molecular flexibility index (Phi) is 4.89. The summed E-state index contributed by atoms with van der Waals surface area (Å²) in [5.41, 5.74) is 1.05. The van der Waals surface area contributed by atoms with Gasteiger partial charge in [-0.3, -0.25) is 0 Å². The largest absolute Gasteiger partial charge is 0.393 e. The van der Waals surface area contributed by atoms with E-state index >= 15 is 0 Å². The van der Waals surface area contributed by atoms with Gasteiger partial charge in [0.2, 0.25) is 0 Å². The van der Waals surface area contributed by atoms with Gasteiger partial charge in [0.1, 0.15) is 6.79 Å². The summed E-state index contributed by atoms with van der Waals surface area (Å²) >= 11 is 0. The predicted molar refractivity (Wildman–Crippen MR) is 106 cm³/mol. The van der Waals surface area contributed by atoms with E-state index < -0.39 is 0 Å². The smallest absolute Gasteiger partial charge is 0.146 e. The van der Waals surface area contributed by atoms with E-state index in [1.54, 1.807) is 7.11 Å². The zero-order valence-corrected chi connectivity index (χ0v) is 17.5. The number of rotatable bonds is 3. The quantitative estimate of drug-likeness (QED) is 0.692. The van der Waals surface area contributed by atoms with Crippen LogP contribution < -0.4 is 0 Å². The minimum atomic E-state index is 0.000554. The number of ether oxygens (including phenoxy) is 2. The molecule has 5 rings (SSSR count). The average Bonchev–Trinajstić information content (AvgIpc) is 3.07. The zero-order valence-electron chi connectivity index (χ0n) is 17.5. The standard InChI is InChI=1S/C24H40O3/c1-23-12-9-17(27-15-26-2)14-16(23)5-6-18-19(23)10-13-24-11-3-4-22(25)21(24)8-7-20(18)24/h16-22,25H,3-15H2,1-2H3/t16-,17+,18+,19-,20-,21+,22-,23-,24+/m0/s1. The van der Waals surface area contributed by atoms with Crippen molar-refractivity contribution in [2.75, 3.05) is 13.9 Å². The van der Waals surface area contributed by atoms with Crippen LogP contribution in [-0.4, -0.2) is 31.2 Å². The van der Waals surface area contributed by atoms with Crippen LogP contribution in [0.5, 0.6) is 0 Å². The maximum Gasteiger partial charge on any atom is 0.146 e. The van der Waals surface area contributed by atoms with Gasteiger partial charge in [-0.25, -0.2) is 0 Å². The molecule has 0 aliphatic heterocycles. The molecule has 0 bridgehead atoms. The summed E-state index contributed by atoms with van der Waals surface area (Å²) in [7, 11) is 1.73. The van der Waals surface area contributed by atoms with Crippen molar-refractivity contribution in [1.29, 1.82) is 0 Å². The number of methoxy groups -OCH3 is 1. The highest BCUT2D eigenvalue weighted by Crippen LogP contribution is 2.70. The second kappa shape index (κ2) is 6.99. The second-order valence-corrected chi connectivity index (χ2v) is 11.0. The molecule has 0 aromatic carbocycles. The minimum absolute atomic E-state index is 0.000554. The number of fused-ring (bicyclic) bond motifs is 4. The highest BCUT2D eigenvalue weighted by molar-refractivity contribution is 5.12. The highest BCUT2D eigenvalue weighted by atomic mass is 16.7. The van der Waals surface area contributed by atoms with E-state index in [4.69, 9.17) is 9.47 Å². The first-order valence-electron chi connectivity index (χ1n) is 11.9. The van der Waals surface area contributed by atoms with Gasteiger partial charge in [0, 0.05) is 7.11 Å². The van der Waals surface area contributed by atoms with Crippen LogP contribution in [0.25, 0.3) is 0 Å². The van der Waals surface area contributed by atoms with Crippen LogP contribution in [0.2, 0.25) is 0 Å². The van der Waals surface area contributed by atoms with E-state index in [0.717, 1.165) is 30.1 Å². The Balaban J connectivity index is 1.35. The lowest BCUT2D eigenvalue weighted by molar-refractivity contribution is -0.163. The van der Waals surface area contributed by atoms with Gasteiger partial charge in [-0.1, -0.05) is 13.3 Å². The molecule has 5 aliphatic rings. The molecule has 9 atom stereocenters. The van der Waals surface area contributed by atoms with Crippen LogP contribution in [-0.2, 0) is 9.47 Å². The molecule has 5 fully saturated rings. The molecule has 0 aromatic rings. The van der Waals surface area contributed by atoms with Crippen molar-refractivity contribution < 1.29 is 14.6 Å². The van der Waals surface area contributed by atoms with E-state index in [0.29, 0.717) is 29.6 Å². The molecular weight excluding hydrogens is 336 g/mol. The van der Waals surface area contributed by atoms with Crippen molar-refractivity contribution in [3.8, 4) is 0 Å². The second-order valence-electron chi connectivity index (χ2n) is 11.0. The van der Waals surface area contributed by atoms with Gasteiger partial charge in [0.05, 0.1) is 12.2 Å². The van der Waals surface area contributed by atoms with Crippen LogP contribution in [0, 0.1) is 40.4 Å². The van der Waals surface area contributed by atoms with Gasteiger partial charge >= 0.3 is 0 Å². The monoisotopic (exact) mass is 376 g/mol. The summed E-state index contributed by atoms with van der Waals surface area (Å²) in [6.45, 7) is 3.09. The van der Waals surface area contributed by atoms with Crippen LogP contribution in [0.3, 0.4) is 0 Å². The Morgan fingerprint density at radius 3 is 2.59 bits per heavy atom. The molecule has 0 amide bonds. The number of aliphatic hydroxyl groups is 1. The van der Waals surface area contributed by atoms with E-state index in [9.17, 15) is 5.11 Å². The summed E-state index contributed by atoms with van der Waals surface area (Å²) in [5.74, 6) is 4.25. The summed E-state index contributed by atoms with van der Waals surface area (Å²) in [6, 6.07) is 0. The molecule has 3 heteroatoms. The molecule has 5 aliphatic carbocycles. The third-order valence-electron chi connectivity index (χ3n) is 10.4. The first-order valence-corrected chi connectivity index (χ1v) is 11.9. The average molecular weight is 377 g/mol. The molecule has 1 spiro atoms. The molecule has 0 heterocycles. The topological polar surface area (TPSA) is 38.7 Å². The van der Waals surface area contributed by atoms with E-state index in [2.05, 4.69) is 6.92 Å². The lowest BCUT2D eigenvalue weighted by Crippen LogP contribution is -2.56. The first-order chi connectivity index (χ1) is 13.1. The Labute approximate surface area is 165 Å². The normalized spacial score (nSPS) is 54.6. The molecule has 1 N–H and O–H groups in total. The van der Waals surface area contributed by atoms with Crippen molar-refractivity contribution >= 4 is 0 Å². The van der Waals surface area contributed by atoms with Gasteiger partial charge < -0.3 is 14.6 Å². The zero-order chi connectivity index (χ0) is 18.6. The van der Waals surface area contributed by atoms with Gasteiger partial charge in [0.15, 0.2) is 0 Å². The van der Waals surface area contributed by atoms with Crippen molar-refractivity contribution in [3.63, 3.8) is 0 Å². The molecule has 0 radical (unpaired) electrons. The van der Waals surface area contributed by atoms with Crippen LogP contribution in [0.15, 0.2) is 0 Å². The lowest BCUT2D eigenvalue weighted by Gasteiger charge is -2.62. The SMILES string of the molecule is COCO[C@@H]1CC[C@@]2(C)[C@@H](CC[C@@H]3[C@@H]2CC[C@@]24CCC[C@H](O)[C@H]2CC[C@@H]34)C1. The fourth-order valence-corrected chi connectivity index (χ4v) is 9.30. The van der Waals surface area contributed by atoms with Crippen LogP contribution >= 0.6 is 0 Å². The molecule has 3 nitrogen and oxygen atoms in total. The van der Waals surface area contributed by atoms with Gasteiger partial charge in [0.25, 0.3) is 0 Å². The third-order valence-corrected chi connectivity index (χ3v) is 10.4. The number of hydrogen-bond acceptors (Lipinski definition) is 3. The Morgan fingerprint density at radius 1 is 0.889 bits per heavy atom. The van der Waals surface area contributed by atoms with Crippen molar-refractivity contribution in [1.82, 2.24) is 0 Å². The van der Waals surface area contributed by atoms with Gasteiger partial charge in [-0.2, -0.15) is 0 Å². The molecule has 0 saturated heterocycles. The fourth-order valence-electron chi connectivity index (χ4n) is 9.30. The summed E-state index contributed by atoms with van der Waals surface area (Å²) < 4.78 is 11.1. The highest BCUT2D eigenvalue weighted by Gasteiger charge is 2.63. The van der Waals surface area contributed by atoms with E-state index in [-0.39, 0.29) is 6.10 Å². The first kappa shape index (κ1) is 18.9. The van der Waals surface area contributed by atoms with Crippen LogP contribution in [0.1, 0.15) is 84.0 Å². The molecule has 0 unspecified atom stereocenters. The van der Waals surface area contributed by atoms with Gasteiger partial charge in [-0.05, 0) is 111 Å². The predicted octanol–water partition coefficient (Wildman–Crippen LogP) is 5.16. The molecule has 154 valence electrons. The summed E-state index contributed by atoms with van der Waals surface area (Å²) in [5, 5.41) is 10.7. The maximum atomic E-state index is 10.7. The Morgan fingerprint density at radius 2 is 1.74 bits per heavy atom. The minimum Gasteiger partial charge on any atom is -0.393 e. The summed E-state index contributed by atoms with van der Waals surface area (Å²) in [4.78, 5) is 0. The number of hydrogen-bond donors (Lipinski definition) is 1. The maximum absolute atomic E-state index is 10.7. The van der Waals surface area contributed by atoms with Crippen molar-refractivity contribution in [2.24, 2.45) is 40.4 Å². The van der Waals surface area contributed by atoms with Gasteiger partial charge in [-0.15, -0.1) is 0 Å².